The zero-order valence-electron chi connectivity index (χ0n) is 14.2. The molecular formula is C17H27FIN3O2. The molecule has 1 fully saturated rings. The van der Waals surface area contributed by atoms with Gasteiger partial charge in [0.1, 0.15) is 17.7 Å². The highest BCUT2D eigenvalue weighted by Gasteiger charge is 2.34. The van der Waals surface area contributed by atoms with Gasteiger partial charge in [-0.3, -0.25) is 4.99 Å². The fraction of sp³-hybridized carbons (Fsp3) is 0.588. The number of nitrogens with one attached hydrogen (secondary N) is 2. The lowest BCUT2D eigenvalue weighted by Crippen LogP contribution is -2.45. The summed E-state index contributed by atoms with van der Waals surface area (Å²) in [5.74, 6) is 1.02. The van der Waals surface area contributed by atoms with Crippen LogP contribution in [0.2, 0.25) is 0 Å². The third kappa shape index (κ3) is 6.80. The second kappa shape index (κ2) is 10.0. The third-order valence-corrected chi connectivity index (χ3v) is 3.87. The third-order valence-electron chi connectivity index (χ3n) is 3.87. The monoisotopic (exact) mass is 451 g/mol. The van der Waals surface area contributed by atoms with Crippen molar-refractivity contribution < 1.29 is 14.2 Å². The van der Waals surface area contributed by atoms with Gasteiger partial charge in [0.2, 0.25) is 0 Å². The molecule has 1 unspecified atom stereocenters. The summed E-state index contributed by atoms with van der Waals surface area (Å²) in [6.45, 7) is 5.64. The van der Waals surface area contributed by atoms with Crippen LogP contribution in [0.3, 0.4) is 0 Å². The molecule has 1 atom stereocenters. The standard InChI is InChI=1S/C17H26FN3O2.HI/c1-3-19-16(21-12-17(22)9-4-10-17)20-11-13(2)23-15-7-5-14(18)6-8-15;/h5-8,13,22H,3-4,9-12H2,1-2H3,(H2,19,20,21);1H. The number of aliphatic hydroxyl groups is 1. The molecule has 1 aromatic rings. The number of benzene rings is 1. The molecule has 0 aliphatic heterocycles. The molecule has 1 aliphatic rings. The molecule has 0 heterocycles. The van der Waals surface area contributed by atoms with Gasteiger partial charge >= 0.3 is 0 Å². The van der Waals surface area contributed by atoms with Crippen molar-refractivity contribution >= 4 is 29.9 Å². The van der Waals surface area contributed by atoms with Crippen LogP contribution in [-0.2, 0) is 0 Å². The van der Waals surface area contributed by atoms with Gasteiger partial charge in [-0.2, -0.15) is 0 Å². The summed E-state index contributed by atoms with van der Waals surface area (Å²) in [5, 5.41) is 16.5. The normalized spacial score (nSPS) is 17.2. The Kier molecular flexibility index (Phi) is 8.75. The first-order valence-corrected chi connectivity index (χ1v) is 8.17. The Morgan fingerprint density at radius 1 is 1.33 bits per heavy atom. The maximum atomic E-state index is 12.9. The first-order valence-electron chi connectivity index (χ1n) is 8.17. The SMILES string of the molecule is CCNC(=NCC1(O)CCC1)NCC(C)Oc1ccc(F)cc1.I. The summed E-state index contributed by atoms with van der Waals surface area (Å²) < 4.78 is 18.6. The van der Waals surface area contributed by atoms with Crippen LogP contribution in [0.4, 0.5) is 4.39 Å². The lowest BCUT2D eigenvalue weighted by Gasteiger charge is -2.35. The van der Waals surface area contributed by atoms with E-state index in [-0.39, 0.29) is 35.9 Å². The molecule has 0 saturated heterocycles. The number of ether oxygens (including phenoxy) is 1. The number of hydrogen-bond donors (Lipinski definition) is 3. The van der Waals surface area contributed by atoms with Gasteiger partial charge in [0, 0.05) is 6.54 Å². The Balaban J connectivity index is 0.00000288. The minimum absolute atomic E-state index is 0. The van der Waals surface area contributed by atoms with E-state index < -0.39 is 5.60 Å². The van der Waals surface area contributed by atoms with Crippen LogP contribution in [0.15, 0.2) is 29.3 Å². The fourth-order valence-electron chi connectivity index (χ4n) is 2.34. The molecule has 136 valence electrons. The quantitative estimate of drug-likeness (QED) is 0.339. The lowest BCUT2D eigenvalue weighted by atomic mass is 9.80. The second-order valence-electron chi connectivity index (χ2n) is 6.04. The largest absolute Gasteiger partial charge is 0.489 e. The summed E-state index contributed by atoms with van der Waals surface area (Å²) in [5.41, 5.74) is -0.626. The molecule has 0 amide bonds. The predicted octanol–water partition coefficient (Wildman–Crippen LogP) is 2.68. The molecule has 1 aliphatic carbocycles. The molecule has 5 nitrogen and oxygen atoms in total. The van der Waals surface area contributed by atoms with Crippen molar-refractivity contribution in [3.8, 4) is 5.75 Å². The minimum atomic E-state index is -0.626. The number of halogens is 2. The summed E-state index contributed by atoms with van der Waals surface area (Å²) in [6, 6.07) is 5.97. The van der Waals surface area contributed by atoms with Crippen LogP contribution in [0.1, 0.15) is 33.1 Å². The van der Waals surface area contributed by atoms with Crippen molar-refractivity contribution in [1.29, 1.82) is 0 Å². The van der Waals surface area contributed by atoms with Gasteiger partial charge in [0.25, 0.3) is 0 Å². The van der Waals surface area contributed by atoms with Gasteiger partial charge in [0.05, 0.1) is 18.7 Å². The Labute approximate surface area is 160 Å². The van der Waals surface area contributed by atoms with Crippen LogP contribution in [0.5, 0.6) is 5.75 Å². The summed E-state index contributed by atoms with van der Waals surface area (Å²) >= 11 is 0. The van der Waals surface area contributed by atoms with Crippen LogP contribution >= 0.6 is 24.0 Å². The Hall–Kier alpha value is -1.09. The van der Waals surface area contributed by atoms with E-state index in [9.17, 15) is 9.50 Å². The number of aliphatic imine (C=N–C) groups is 1. The highest BCUT2D eigenvalue weighted by atomic mass is 127. The smallest absolute Gasteiger partial charge is 0.191 e. The molecule has 0 spiro atoms. The van der Waals surface area contributed by atoms with E-state index in [1.807, 2.05) is 13.8 Å². The molecule has 7 heteroatoms. The topological polar surface area (TPSA) is 65.9 Å². The molecular weight excluding hydrogens is 424 g/mol. The molecule has 0 radical (unpaired) electrons. The van der Waals surface area contributed by atoms with E-state index in [4.69, 9.17) is 4.74 Å². The fourth-order valence-corrected chi connectivity index (χ4v) is 2.34. The first kappa shape index (κ1) is 21.0. The Bertz CT molecular complexity index is 521. The van der Waals surface area contributed by atoms with Crippen molar-refractivity contribution in [2.75, 3.05) is 19.6 Å². The predicted molar refractivity (Wildman–Crippen MR) is 105 cm³/mol. The Morgan fingerprint density at radius 3 is 2.54 bits per heavy atom. The number of hydrogen-bond acceptors (Lipinski definition) is 3. The Morgan fingerprint density at radius 2 is 2.00 bits per heavy atom. The van der Waals surface area contributed by atoms with Crippen molar-refractivity contribution in [3.63, 3.8) is 0 Å². The van der Waals surface area contributed by atoms with Crippen LogP contribution in [0, 0.1) is 5.82 Å². The summed E-state index contributed by atoms with van der Waals surface area (Å²) in [7, 11) is 0. The van der Waals surface area contributed by atoms with E-state index in [0.29, 0.717) is 24.8 Å². The van der Waals surface area contributed by atoms with Crippen molar-refractivity contribution in [3.05, 3.63) is 30.1 Å². The van der Waals surface area contributed by atoms with Gasteiger partial charge in [-0.1, -0.05) is 0 Å². The zero-order valence-corrected chi connectivity index (χ0v) is 16.5. The molecule has 0 aromatic heterocycles. The van der Waals surface area contributed by atoms with Crippen molar-refractivity contribution in [2.24, 2.45) is 4.99 Å². The zero-order chi connectivity index (χ0) is 16.7. The van der Waals surface area contributed by atoms with E-state index >= 15 is 0 Å². The number of guanidine groups is 1. The molecule has 1 aromatic carbocycles. The van der Waals surface area contributed by atoms with E-state index in [1.54, 1.807) is 12.1 Å². The number of nitrogens with zero attached hydrogens (tertiary/aromatic N) is 1. The maximum Gasteiger partial charge on any atom is 0.191 e. The van der Waals surface area contributed by atoms with Crippen molar-refractivity contribution in [2.45, 2.75) is 44.8 Å². The minimum Gasteiger partial charge on any atom is -0.489 e. The molecule has 24 heavy (non-hydrogen) atoms. The summed E-state index contributed by atoms with van der Waals surface area (Å²) in [6.07, 6.45) is 2.61. The molecule has 3 N–H and O–H groups in total. The van der Waals surface area contributed by atoms with Crippen LogP contribution in [-0.4, -0.2) is 42.4 Å². The van der Waals surface area contributed by atoms with E-state index in [2.05, 4.69) is 15.6 Å². The molecule has 2 rings (SSSR count). The van der Waals surface area contributed by atoms with Gasteiger partial charge < -0.3 is 20.5 Å². The number of rotatable bonds is 7. The average molecular weight is 451 g/mol. The van der Waals surface area contributed by atoms with Crippen LogP contribution in [0.25, 0.3) is 0 Å². The maximum absolute atomic E-state index is 12.9. The molecule has 1 saturated carbocycles. The van der Waals surface area contributed by atoms with E-state index in [1.165, 1.54) is 12.1 Å². The van der Waals surface area contributed by atoms with Gasteiger partial charge in [0.15, 0.2) is 5.96 Å². The molecule has 0 bridgehead atoms. The van der Waals surface area contributed by atoms with E-state index in [0.717, 1.165) is 25.8 Å². The highest BCUT2D eigenvalue weighted by molar-refractivity contribution is 14.0. The first-order chi connectivity index (χ1) is 11.0. The lowest BCUT2D eigenvalue weighted by molar-refractivity contribution is -0.0236. The van der Waals surface area contributed by atoms with Gasteiger partial charge in [-0.25, -0.2) is 4.39 Å². The second-order valence-corrected chi connectivity index (χ2v) is 6.04. The average Bonchev–Trinajstić information content (AvgIpc) is 2.50. The van der Waals surface area contributed by atoms with Gasteiger partial charge in [-0.05, 0) is 57.4 Å². The highest BCUT2D eigenvalue weighted by Crippen LogP contribution is 2.31. The van der Waals surface area contributed by atoms with Crippen molar-refractivity contribution in [1.82, 2.24) is 10.6 Å². The van der Waals surface area contributed by atoms with Crippen LogP contribution < -0.4 is 15.4 Å². The van der Waals surface area contributed by atoms with Gasteiger partial charge in [-0.15, -0.1) is 24.0 Å². The summed E-state index contributed by atoms with van der Waals surface area (Å²) in [4.78, 5) is 4.44.